The Labute approximate surface area is 142 Å². The van der Waals surface area contributed by atoms with Crippen molar-refractivity contribution in [2.24, 2.45) is 0 Å². The molecule has 0 spiro atoms. The first-order valence-electron chi connectivity index (χ1n) is 8.54. The van der Waals surface area contributed by atoms with Crippen LogP contribution in [0.2, 0.25) is 0 Å². The van der Waals surface area contributed by atoms with E-state index in [2.05, 4.69) is 40.3 Å². The Morgan fingerprint density at radius 3 is 2.75 bits per heavy atom. The van der Waals surface area contributed by atoms with Gasteiger partial charge in [-0.15, -0.1) is 0 Å². The van der Waals surface area contributed by atoms with Crippen LogP contribution in [0.25, 0.3) is 0 Å². The van der Waals surface area contributed by atoms with Gasteiger partial charge in [-0.05, 0) is 12.0 Å². The smallest absolute Gasteiger partial charge is 0.324 e. The molecule has 4 rings (SSSR count). The highest BCUT2D eigenvalue weighted by molar-refractivity contribution is 5.93. The van der Waals surface area contributed by atoms with Crippen molar-refractivity contribution >= 4 is 11.7 Å². The number of rotatable bonds is 4. The largest absolute Gasteiger partial charge is 0.326 e. The van der Waals surface area contributed by atoms with E-state index in [4.69, 9.17) is 0 Å². The van der Waals surface area contributed by atoms with Crippen LogP contribution in [-0.2, 0) is 6.54 Å². The van der Waals surface area contributed by atoms with Gasteiger partial charge in [-0.25, -0.2) is 4.79 Å². The fourth-order valence-electron chi connectivity index (χ4n) is 3.57. The predicted octanol–water partition coefficient (Wildman–Crippen LogP) is 2.20. The monoisotopic (exact) mass is 325 g/mol. The summed E-state index contributed by atoms with van der Waals surface area (Å²) in [5.74, 6) is 0. The van der Waals surface area contributed by atoms with E-state index in [1.807, 2.05) is 24.1 Å². The normalized spacial score (nSPS) is 21.9. The Morgan fingerprint density at radius 1 is 1.17 bits per heavy atom. The van der Waals surface area contributed by atoms with E-state index in [9.17, 15) is 4.79 Å². The summed E-state index contributed by atoms with van der Waals surface area (Å²) in [4.78, 5) is 18.1. The molecule has 2 aliphatic heterocycles. The predicted molar refractivity (Wildman–Crippen MR) is 93.0 cm³/mol. The first-order chi connectivity index (χ1) is 11.7. The molecule has 0 radical (unpaired) electrons. The highest BCUT2D eigenvalue weighted by Crippen LogP contribution is 2.26. The van der Waals surface area contributed by atoms with Crippen molar-refractivity contribution < 1.29 is 4.79 Å². The van der Waals surface area contributed by atoms with Crippen molar-refractivity contribution in [3.05, 3.63) is 48.3 Å². The molecule has 0 saturated carbocycles. The third-order valence-electron chi connectivity index (χ3n) is 4.99. The summed E-state index contributed by atoms with van der Waals surface area (Å²) in [5.41, 5.74) is 2.26. The molecule has 2 amide bonds. The Bertz CT molecular complexity index is 713. The number of likely N-dealkylation sites (tertiary alicyclic amines) is 1. The molecule has 2 fully saturated rings. The lowest BCUT2D eigenvalue weighted by Crippen LogP contribution is -2.28. The molecular weight excluding hydrogens is 302 g/mol. The number of hydrogen-bond donors (Lipinski definition) is 0. The van der Waals surface area contributed by atoms with Gasteiger partial charge in [0.15, 0.2) is 0 Å². The second kappa shape index (κ2) is 6.28. The summed E-state index contributed by atoms with van der Waals surface area (Å²) >= 11 is 0. The van der Waals surface area contributed by atoms with Gasteiger partial charge in [0.2, 0.25) is 0 Å². The minimum absolute atomic E-state index is 0.0617. The number of carbonyl (C=O) groups is 1. The molecule has 6 heteroatoms. The van der Waals surface area contributed by atoms with Crippen LogP contribution in [0.5, 0.6) is 0 Å². The second-order valence-corrected chi connectivity index (χ2v) is 6.70. The number of nitrogens with zero attached hydrogens (tertiary/aromatic N) is 5. The van der Waals surface area contributed by atoms with Crippen LogP contribution in [-0.4, -0.2) is 58.8 Å². The molecular formula is C18H23N5O. The molecule has 2 aromatic rings. The van der Waals surface area contributed by atoms with Crippen molar-refractivity contribution in [1.29, 1.82) is 0 Å². The molecule has 24 heavy (non-hydrogen) atoms. The Balaban J connectivity index is 1.40. The van der Waals surface area contributed by atoms with Gasteiger partial charge in [-0.1, -0.05) is 30.3 Å². The van der Waals surface area contributed by atoms with Crippen LogP contribution in [0.1, 0.15) is 18.0 Å². The summed E-state index contributed by atoms with van der Waals surface area (Å²) in [6, 6.07) is 11.0. The zero-order chi connectivity index (χ0) is 16.5. The van der Waals surface area contributed by atoms with Crippen LogP contribution < -0.4 is 4.90 Å². The lowest BCUT2D eigenvalue weighted by atomic mass is 10.2. The maximum atomic E-state index is 12.1. The van der Waals surface area contributed by atoms with Gasteiger partial charge in [-0.3, -0.25) is 14.5 Å². The minimum Gasteiger partial charge on any atom is -0.326 e. The molecule has 0 N–H and O–H groups in total. The van der Waals surface area contributed by atoms with E-state index in [0.29, 0.717) is 6.04 Å². The van der Waals surface area contributed by atoms with Crippen LogP contribution in [0, 0.1) is 0 Å². The number of carbonyl (C=O) groups excluding carboxylic acids is 1. The zero-order valence-corrected chi connectivity index (χ0v) is 14.0. The first kappa shape index (κ1) is 15.2. The number of aromatic nitrogens is 2. The summed E-state index contributed by atoms with van der Waals surface area (Å²) in [6.45, 7) is 4.59. The number of amides is 2. The van der Waals surface area contributed by atoms with Gasteiger partial charge in [0.25, 0.3) is 0 Å². The maximum absolute atomic E-state index is 12.1. The fourth-order valence-corrected chi connectivity index (χ4v) is 3.57. The topological polar surface area (TPSA) is 44.6 Å². The van der Waals surface area contributed by atoms with Gasteiger partial charge < -0.3 is 4.90 Å². The molecule has 0 aliphatic carbocycles. The van der Waals surface area contributed by atoms with Gasteiger partial charge in [0, 0.05) is 46.0 Å². The fraction of sp³-hybridized carbons (Fsp3) is 0.444. The SMILES string of the molecule is CN1CCN(c2cnn(C3CCN(Cc4ccccc4)C3)c2)C1=O. The van der Waals surface area contributed by atoms with E-state index in [1.54, 1.807) is 9.80 Å². The molecule has 126 valence electrons. The highest BCUT2D eigenvalue weighted by Gasteiger charge is 2.29. The standard InChI is InChI=1S/C18H23N5O/c1-20-9-10-22(18(20)24)17-11-19-23(14-17)16-7-8-21(13-16)12-15-5-3-2-4-6-15/h2-6,11,14,16H,7-10,12-13H2,1H3. The van der Waals surface area contributed by atoms with Crippen molar-refractivity contribution in [3.63, 3.8) is 0 Å². The Hall–Kier alpha value is -2.34. The number of benzene rings is 1. The summed E-state index contributed by atoms with van der Waals surface area (Å²) < 4.78 is 2.03. The summed E-state index contributed by atoms with van der Waals surface area (Å²) in [7, 11) is 1.84. The molecule has 1 aromatic carbocycles. The van der Waals surface area contributed by atoms with Crippen molar-refractivity contribution in [2.45, 2.75) is 19.0 Å². The van der Waals surface area contributed by atoms with E-state index >= 15 is 0 Å². The van der Waals surface area contributed by atoms with Crippen molar-refractivity contribution in [1.82, 2.24) is 19.6 Å². The molecule has 0 bridgehead atoms. The lowest BCUT2D eigenvalue weighted by molar-refractivity contribution is 0.229. The van der Waals surface area contributed by atoms with Crippen molar-refractivity contribution in [2.75, 3.05) is 38.1 Å². The summed E-state index contributed by atoms with van der Waals surface area (Å²) in [6.07, 6.45) is 4.94. The second-order valence-electron chi connectivity index (χ2n) is 6.70. The Kier molecular flexibility index (Phi) is 3.98. The van der Waals surface area contributed by atoms with Crippen LogP contribution in [0.3, 0.4) is 0 Å². The molecule has 2 saturated heterocycles. The number of hydrogen-bond acceptors (Lipinski definition) is 3. The molecule has 6 nitrogen and oxygen atoms in total. The molecule has 1 aromatic heterocycles. The maximum Gasteiger partial charge on any atom is 0.324 e. The minimum atomic E-state index is 0.0617. The molecule has 3 heterocycles. The first-order valence-corrected chi connectivity index (χ1v) is 8.54. The average Bonchev–Trinajstić information content (AvgIpc) is 3.30. The van der Waals surface area contributed by atoms with Crippen LogP contribution in [0.15, 0.2) is 42.7 Å². The molecule has 1 unspecified atom stereocenters. The number of urea groups is 1. The van der Waals surface area contributed by atoms with E-state index < -0.39 is 0 Å². The van der Waals surface area contributed by atoms with Gasteiger partial charge in [-0.2, -0.15) is 5.10 Å². The number of anilines is 1. The van der Waals surface area contributed by atoms with Crippen LogP contribution in [0.4, 0.5) is 10.5 Å². The summed E-state index contributed by atoms with van der Waals surface area (Å²) in [5, 5.41) is 4.52. The van der Waals surface area contributed by atoms with Crippen molar-refractivity contribution in [3.8, 4) is 0 Å². The van der Waals surface area contributed by atoms with Gasteiger partial charge >= 0.3 is 6.03 Å². The highest BCUT2D eigenvalue weighted by atomic mass is 16.2. The van der Waals surface area contributed by atoms with E-state index in [-0.39, 0.29) is 6.03 Å². The van der Waals surface area contributed by atoms with Gasteiger partial charge in [0.05, 0.1) is 17.9 Å². The third kappa shape index (κ3) is 2.89. The zero-order valence-electron chi connectivity index (χ0n) is 14.0. The van der Waals surface area contributed by atoms with Crippen LogP contribution >= 0.6 is 0 Å². The van der Waals surface area contributed by atoms with E-state index in [1.165, 1.54) is 5.56 Å². The Morgan fingerprint density at radius 2 is 2.00 bits per heavy atom. The van der Waals surface area contributed by atoms with E-state index in [0.717, 1.165) is 44.8 Å². The van der Waals surface area contributed by atoms with Gasteiger partial charge in [0.1, 0.15) is 0 Å². The lowest BCUT2D eigenvalue weighted by Gasteiger charge is -2.16. The molecule has 1 atom stereocenters. The quantitative estimate of drug-likeness (QED) is 0.866. The number of likely N-dealkylation sites (N-methyl/N-ethyl adjacent to an activating group) is 1. The average molecular weight is 325 g/mol. The third-order valence-corrected chi connectivity index (χ3v) is 4.99. The molecule has 2 aliphatic rings.